The summed E-state index contributed by atoms with van der Waals surface area (Å²) >= 11 is 0. The fourth-order valence-electron chi connectivity index (χ4n) is 1.23. The van der Waals surface area contributed by atoms with Crippen molar-refractivity contribution in [1.82, 2.24) is 9.78 Å². The summed E-state index contributed by atoms with van der Waals surface area (Å²) in [5.41, 5.74) is 0.995. The molecule has 1 N–H and O–H groups in total. The van der Waals surface area contributed by atoms with E-state index in [1.807, 2.05) is 13.8 Å². The fourth-order valence-corrected chi connectivity index (χ4v) is 1.23. The van der Waals surface area contributed by atoms with Gasteiger partial charge in [0.05, 0.1) is 5.69 Å². The van der Waals surface area contributed by atoms with Crippen LogP contribution < -0.4 is 0 Å². The van der Waals surface area contributed by atoms with E-state index in [9.17, 15) is 4.79 Å². The van der Waals surface area contributed by atoms with Gasteiger partial charge >= 0.3 is 5.97 Å². The molecule has 1 rings (SSSR count). The molecule has 0 amide bonds. The number of carboxylic acid groups (broad SMARTS) is 1. The lowest BCUT2D eigenvalue weighted by Gasteiger charge is -2.04. The van der Waals surface area contributed by atoms with Crippen LogP contribution in [0.25, 0.3) is 0 Å². The number of hydrogen-bond acceptors (Lipinski definition) is 2. The van der Waals surface area contributed by atoms with Gasteiger partial charge in [-0.25, -0.2) is 4.79 Å². The van der Waals surface area contributed by atoms with Crippen LogP contribution in [0.1, 0.15) is 42.2 Å². The van der Waals surface area contributed by atoms with E-state index in [1.165, 1.54) is 0 Å². The average molecular weight is 182 g/mol. The van der Waals surface area contributed by atoms with E-state index >= 15 is 0 Å². The normalized spacial score (nSPS) is 12.8. The maximum atomic E-state index is 10.8. The Morgan fingerprint density at radius 2 is 2.38 bits per heavy atom. The summed E-state index contributed by atoms with van der Waals surface area (Å²) in [6, 6.07) is 0. The highest BCUT2D eigenvalue weighted by Crippen LogP contribution is 2.20. The minimum Gasteiger partial charge on any atom is -0.478 e. The Balaban J connectivity index is 3.11. The Labute approximate surface area is 77.2 Å². The Morgan fingerprint density at radius 1 is 1.77 bits per heavy atom. The van der Waals surface area contributed by atoms with Gasteiger partial charge in [-0.05, 0) is 6.42 Å². The first-order valence-corrected chi connectivity index (χ1v) is 4.33. The quantitative estimate of drug-likeness (QED) is 0.773. The number of carbonyl (C=O) groups is 1. The second-order valence-electron chi connectivity index (χ2n) is 3.22. The van der Waals surface area contributed by atoms with Crippen molar-refractivity contribution in [3.05, 3.63) is 17.5 Å². The third-order valence-corrected chi connectivity index (χ3v) is 2.17. The maximum absolute atomic E-state index is 10.8. The van der Waals surface area contributed by atoms with Crippen molar-refractivity contribution in [1.29, 1.82) is 0 Å². The van der Waals surface area contributed by atoms with E-state index in [2.05, 4.69) is 5.10 Å². The molecule has 0 aromatic carbocycles. The Bertz CT molecular complexity index is 317. The summed E-state index contributed by atoms with van der Waals surface area (Å²) in [4.78, 5) is 10.8. The van der Waals surface area contributed by atoms with E-state index in [4.69, 9.17) is 5.11 Å². The predicted molar refractivity (Wildman–Crippen MR) is 48.9 cm³/mol. The van der Waals surface area contributed by atoms with Crippen LogP contribution >= 0.6 is 0 Å². The lowest BCUT2D eigenvalue weighted by Crippen LogP contribution is -2.02. The molecule has 0 fully saturated rings. The number of hydrogen-bond donors (Lipinski definition) is 1. The second-order valence-corrected chi connectivity index (χ2v) is 3.22. The van der Waals surface area contributed by atoms with Crippen molar-refractivity contribution >= 4 is 5.97 Å². The molecule has 0 aliphatic rings. The SMILES string of the molecule is CCC(C)c1nn(C)cc1C(=O)O. The van der Waals surface area contributed by atoms with E-state index in [0.717, 1.165) is 6.42 Å². The van der Waals surface area contributed by atoms with Crippen molar-refractivity contribution in [2.45, 2.75) is 26.2 Å². The van der Waals surface area contributed by atoms with E-state index in [0.29, 0.717) is 11.3 Å². The molecule has 1 heterocycles. The maximum Gasteiger partial charge on any atom is 0.339 e. The summed E-state index contributed by atoms with van der Waals surface area (Å²) in [5, 5.41) is 13.0. The minimum atomic E-state index is -0.900. The van der Waals surface area contributed by atoms with Crippen LogP contribution in [0.3, 0.4) is 0 Å². The van der Waals surface area contributed by atoms with Crippen LogP contribution in [0, 0.1) is 0 Å². The van der Waals surface area contributed by atoms with Crippen LogP contribution in [0.15, 0.2) is 6.20 Å². The van der Waals surface area contributed by atoms with Gasteiger partial charge in [0, 0.05) is 19.2 Å². The van der Waals surface area contributed by atoms with Gasteiger partial charge in [0.2, 0.25) is 0 Å². The number of aryl methyl sites for hydroxylation is 1. The van der Waals surface area contributed by atoms with Crippen molar-refractivity contribution in [3.8, 4) is 0 Å². The first kappa shape index (κ1) is 9.77. The van der Waals surface area contributed by atoms with Crippen LogP contribution in [-0.2, 0) is 7.05 Å². The van der Waals surface area contributed by atoms with Crippen LogP contribution in [-0.4, -0.2) is 20.9 Å². The molecule has 0 saturated heterocycles. The van der Waals surface area contributed by atoms with Crippen LogP contribution in [0.4, 0.5) is 0 Å². The second kappa shape index (κ2) is 3.60. The molecule has 13 heavy (non-hydrogen) atoms. The molecule has 0 radical (unpaired) electrons. The molecule has 0 aliphatic heterocycles. The van der Waals surface area contributed by atoms with Crippen LogP contribution in [0.5, 0.6) is 0 Å². The number of nitrogens with zero attached hydrogens (tertiary/aromatic N) is 2. The average Bonchev–Trinajstić information content (AvgIpc) is 2.46. The van der Waals surface area contributed by atoms with Crippen molar-refractivity contribution < 1.29 is 9.90 Å². The smallest absolute Gasteiger partial charge is 0.339 e. The van der Waals surface area contributed by atoms with Crippen molar-refractivity contribution in [3.63, 3.8) is 0 Å². The lowest BCUT2D eigenvalue weighted by molar-refractivity contribution is 0.0695. The molecule has 72 valence electrons. The molecule has 1 unspecified atom stereocenters. The highest BCUT2D eigenvalue weighted by molar-refractivity contribution is 5.88. The zero-order chi connectivity index (χ0) is 10.0. The molecule has 0 bridgehead atoms. The van der Waals surface area contributed by atoms with Gasteiger partial charge in [0.15, 0.2) is 0 Å². The van der Waals surface area contributed by atoms with Gasteiger partial charge in [-0.3, -0.25) is 4.68 Å². The lowest BCUT2D eigenvalue weighted by atomic mass is 10.0. The van der Waals surface area contributed by atoms with Crippen LogP contribution in [0.2, 0.25) is 0 Å². The Hall–Kier alpha value is -1.32. The highest BCUT2D eigenvalue weighted by atomic mass is 16.4. The largest absolute Gasteiger partial charge is 0.478 e. The fraction of sp³-hybridized carbons (Fsp3) is 0.556. The van der Waals surface area contributed by atoms with Gasteiger partial charge in [0.1, 0.15) is 5.56 Å². The first-order valence-electron chi connectivity index (χ1n) is 4.33. The van der Waals surface area contributed by atoms with Gasteiger partial charge in [-0.15, -0.1) is 0 Å². The summed E-state index contributed by atoms with van der Waals surface area (Å²) < 4.78 is 1.55. The van der Waals surface area contributed by atoms with Gasteiger partial charge in [-0.2, -0.15) is 5.10 Å². The molecular formula is C9H14N2O2. The molecule has 4 nitrogen and oxygen atoms in total. The third-order valence-electron chi connectivity index (χ3n) is 2.17. The highest BCUT2D eigenvalue weighted by Gasteiger charge is 2.18. The molecule has 1 aromatic heterocycles. The molecule has 1 atom stereocenters. The monoisotopic (exact) mass is 182 g/mol. The minimum absolute atomic E-state index is 0.201. The number of aromatic carboxylic acids is 1. The summed E-state index contributed by atoms with van der Waals surface area (Å²) in [6.07, 6.45) is 2.45. The van der Waals surface area contributed by atoms with E-state index in [-0.39, 0.29) is 5.92 Å². The topological polar surface area (TPSA) is 55.1 Å². The van der Waals surface area contributed by atoms with Crippen molar-refractivity contribution in [2.24, 2.45) is 7.05 Å². The van der Waals surface area contributed by atoms with Gasteiger partial charge < -0.3 is 5.11 Å². The third kappa shape index (κ3) is 1.88. The first-order chi connectivity index (χ1) is 6.06. The molecule has 0 aliphatic carbocycles. The molecule has 0 spiro atoms. The summed E-state index contributed by atoms with van der Waals surface area (Å²) in [7, 11) is 1.73. The standard InChI is InChI=1S/C9H14N2O2/c1-4-6(2)8-7(9(12)13)5-11(3)10-8/h5-6H,4H2,1-3H3,(H,12,13). The summed E-state index contributed by atoms with van der Waals surface area (Å²) in [5.74, 6) is -0.698. The molecule has 0 saturated carbocycles. The molecule has 1 aromatic rings. The molecular weight excluding hydrogens is 168 g/mol. The zero-order valence-electron chi connectivity index (χ0n) is 8.11. The zero-order valence-corrected chi connectivity index (χ0v) is 8.11. The van der Waals surface area contributed by atoms with Gasteiger partial charge in [-0.1, -0.05) is 13.8 Å². The summed E-state index contributed by atoms with van der Waals surface area (Å²) in [6.45, 7) is 4.00. The number of rotatable bonds is 3. The Morgan fingerprint density at radius 3 is 2.85 bits per heavy atom. The Kier molecular flexibility index (Phi) is 2.70. The number of carboxylic acids is 1. The van der Waals surface area contributed by atoms with E-state index < -0.39 is 5.97 Å². The van der Waals surface area contributed by atoms with Crippen molar-refractivity contribution in [2.75, 3.05) is 0 Å². The van der Waals surface area contributed by atoms with Gasteiger partial charge in [0.25, 0.3) is 0 Å². The van der Waals surface area contributed by atoms with E-state index in [1.54, 1.807) is 17.9 Å². The predicted octanol–water partition coefficient (Wildman–Crippen LogP) is 1.63. The number of aromatic nitrogens is 2. The molecule has 4 heteroatoms.